The van der Waals surface area contributed by atoms with E-state index in [4.69, 9.17) is 9.72 Å². The summed E-state index contributed by atoms with van der Waals surface area (Å²) < 4.78 is 6.03. The van der Waals surface area contributed by atoms with Crippen LogP contribution in [-0.2, 0) is 12.8 Å². The van der Waals surface area contributed by atoms with E-state index in [1.54, 1.807) is 29.8 Å². The molecule has 9 heteroatoms. The summed E-state index contributed by atoms with van der Waals surface area (Å²) in [5.41, 5.74) is 1.94. The molecule has 0 saturated carbocycles. The van der Waals surface area contributed by atoms with Gasteiger partial charge in [0, 0.05) is 22.8 Å². The summed E-state index contributed by atoms with van der Waals surface area (Å²) in [6, 6.07) is 6.83. The number of hydrogen-bond acceptors (Lipinski definition) is 8. The van der Waals surface area contributed by atoms with Gasteiger partial charge in [-0.25, -0.2) is 4.98 Å². The maximum atomic E-state index is 11.4. The molecule has 8 nitrogen and oxygen atoms in total. The van der Waals surface area contributed by atoms with Crippen molar-refractivity contribution < 1.29 is 9.66 Å². The molecule has 4 aromatic heterocycles. The highest BCUT2D eigenvalue weighted by Crippen LogP contribution is 2.43. The van der Waals surface area contributed by atoms with E-state index in [0.29, 0.717) is 17.6 Å². The van der Waals surface area contributed by atoms with Crippen LogP contribution in [0.25, 0.3) is 21.6 Å². The summed E-state index contributed by atoms with van der Waals surface area (Å²) in [4.78, 5) is 30.4. The minimum atomic E-state index is -0.555. The first-order valence-electron chi connectivity index (χ1n) is 9.60. The number of nitrogens with zero attached hydrogens (tertiary/aromatic N) is 5. The fraction of sp³-hybridized carbons (Fsp3) is 0.238. The third-order valence-electron chi connectivity index (χ3n) is 5.17. The van der Waals surface area contributed by atoms with Crippen molar-refractivity contribution in [2.24, 2.45) is 5.92 Å². The van der Waals surface area contributed by atoms with Gasteiger partial charge in [0.25, 0.3) is 0 Å². The number of rotatable bonds is 4. The lowest BCUT2D eigenvalue weighted by atomic mass is 9.89. The zero-order chi connectivity index (χ0) is 20.7. The van der Waals surface area contributed by atoms with Crippen LogP contribution in [0.15, 0.2) is 42.9 Å². The summed E-state index contributed by atoms with van der Waals surface area (Å²) >= 11 is 1.65. The first-order valence-corrected chi connectivity index (χ1v) is 10.4. The maximum absolute atomic E-state index is 11.4. The van der Waals surface area contributed by atoms with E-state index in [1.165, 1.54) is 22.7 Å². The van der Waals surface area contributed by atoms with E-state index in [0.717, 1.165) is 35.0 Å². The van der Waals surface area contributed by atoms with Crippen molar-refractivity contribution in [2.75, 3.05) is 0 Å². The monoisotopic (exact) mass is 419 g/mol. The molecule has 1 aliphatic carbocycles. The number of fused-ring (bicyclic) bond motifs is 3. The van der Waals surface area contributed by atoms with Gasteiger partial charge in [-0.15, -0.1) is 11.3 Å². The Balaban J connectivity index is 1.71. The molecule has 1 atom stereocenters. The predicted molar refractivity (Wildman–Crippen MR) is 113 cm³/mol. The lowest BCUT2D eigenvalue weighted by molar-refractivity contribution is -0.390. The molecule has 1 unspecified atom stereocenters. The fourth-order valence-corrected chi connectivity index (χ4v) is 5.08. The van der Waals surface area contributed by atoms with Gasteiger partial charge in [-0.05, 0) is 64.9 Å². The van der Waals surface area contributed by atoms with Gasteiger partial charge in [0.15, 0.2) is 5.82 Å². The highest BCUT2D eigenvalue weighted by molar-refractivity contribution is 7.18. The predicted octanol–water partition coefficient (Wildman–Crippen LogP) is 4.97. The molecule has 0 fully saturated rings. The van der Waals surface area contributed by atoms with Crippen molar-refractivity contribution in [1.82, 2.24) is 19.9 Å². The molecule has 30 heavy (non-hydrogen) atoms. The van der Waals surface area contributed by atoms with Gasteiger partial charge in [0.2, 0.25) is 11.6 Å². The van der Waals surface area contributed by atoms with Gasteiger partial charge in [-0.3, -0.25) is 4.98 Å². The number of pyridine rings is 2. The molecule has 0 amide bonds. The number of aryl methyl sites for hydroxylation is 1. The molecule has 0 saturated heterocycles. The Kier molecular flexibility index (Phi) is 4.59. The van der Waals surface area contributed by atoms with E-state index >= 15 is 0 Å². The molecule has 0 radical (unpaired) electrons. The summed E-state index contributed by atoms with van der Waals surface area (Å²) in [7, 11) is 0. The van der Waals surface area contributed by atoms with Crippen molar-refractivity contribution in [3.8, 4) is 23.0 Å². The summed E-state index contributed by atoms with van der Waals surface area (Å²) in [5.74, 6) is 1.12. The molecule has 5 rings (SSSR count). The van der Waals surface area contributed by atoms with E-state index < -0.39 is 4.92 Å². The van der Waals surface area contributed by atoms with Gasteiger partial charge < -0.3 is 14.9 Å². The highest BCUT2D eigenvalue weighted by atomic mass is 32.1. The second kappa shape index (κ2) is 7.42. The number of thiophene rings is 1. The number of ether oxygens (including phenoxy) is 1. The minimum absolute atomic E-state index is 0.0590. The minimum Gasteiger partial charge on any atom is -0.429 e. The molecule has 0 aromatic carbocycles. The van der Waals surface area contributed by atoms with Crippen molar-refractivity contribution in [3.05, 3.63) is 63.4 Å². The molecule has 1 aliphatic rings. The Morgan fingerprint density at radius 2 is 2.10 bits per heavy atom. The van der Waals surface area contributed by atoms with Gasteiger partial charge in [-0.1, -0.05) is 6.92 Å². The van der Waals surface area contributed by atoms with Gasteiger partial charge in [0.05, 0.1) is 5.39 Å². The molecular weight excluding hydrogens is 402 g/mol. The van der Waals surface area contributed by atoms with E-state index in [2.05, 4.69) is 21.9 Å². The summed E-state index contributed by atoms with van der Waals surface area (Å²) in [6.07, 6.45) is 7.73. The molecule has 150 valence electrons. The first-order chi connectivity index (χ1) is 14.6. The average Bonchev–Trinajstić information content (AvgIpc) is 3.12. The number of aromatic nitrogens is 4. The fourth-order valence-electron chi connectivity index (χ4n) is 3.71. The zero-order valence-corrected chi connectivity index (χ0v) is 16.9. The smallest absolute Gasteiger partial charge is 0.406 e. The quantitative estimate of drug-likeness (QED) is 0.339. The topological polar surface area (TPSA) is 104 Å². The molecule has 4 heterocycles. The third-order valence-corrected chi connectivity index (χ3v) is 6.32. The van der Waals surface area contributed by atoms with Crippen LogP contribution < -0.4 is 4.74 Å². The molecule has 0 aliphatic heterocycles. The van der Waals surface area contributed by atoms with Crippen LogP contribution in [0.1, 0.15) is 23.8 Å². The molecule has 4 aromatic rings. The Morgan fingerprint density at radius 1 is 1.23 bits per heavy atom. The maximum Gasteiger partial charge on any atom is 0.406 e. The molecule has 0 spiro atoms. The van der Waals surface area contributed by atoms with Crippen molar-refractivity contribution >= 4 is 27.4 Å². The molecule has 0 N–H and O–H groups in total. The average molecular weight is 419 g/mol. The standard InChI is InChI=1S/C21H17N5O3S/c1-12-6-7-14-16(10-12)30-21-17(14)20(24-18(25-21)13-4-2-8-22-11-13)29-15-5-3-9-23-19(15)26(27)28/h2-5,8-9,11-12H,6-7,10H2,1H3. The normalized spacial score (nSPS) is 15.7. The Hall–Kier alpha value is -3.46. The van der Waals surface area contributed by atoms with Crippen LogP contribution in [0.3, 0.4) is 0 Å². The van der Waals surface area contributed by atoms with Crippen LogP contribution in [0.5, 0.6) is 11.6 Å². The van der Waals surface area contributed by atoms with Crippen molar-refractivity contribution in [3.63, 3.8) is 0 Å². The van der Waals surface area contributed by atoms with Crippen molar-refractivity contribution in [2.45, 2.75) is 26.2 Å². The largest absolute Gasteiger partial charge is 0.429 e. The lowest BCUT2D eigenvalue weighted by Gasteiger charge is -2.18. The number of hydrogen-bond donors (Lipinski definition) is 0. The van der Waals surface area contributed by atoms with Crippen LogP contribution in [0.4, 0.5) is 5.82 Å². The summed E-state index contributed by atoms with van der Waals surface area (Å²) in [6.45, 7) is 2.25. The second-order valence-corrected chi connectivity index (χ2v) is 8.39. The van der Waals surface area contributed by atoms with Crippen LogP contribution in [-0.4, -0.2) is 24.9 Å². The zero-order valence-electron chi connectivity index (χ0n) is 16.1. The molecular formula is C21H17N5O3S. The number of nitro groups is 1. The van der Waals surface area contributed by atoms with Crippen LogP contribution in [0, 0.1) is 16.0 Å². The van der Waals surface area contributed by atoms with Gasteiger partial charge >= 0.3 is 5.82 Å². The van der Waals surface area contributed by atoms with E-state index in [-0.39, 0.29) is 11.6 Å². The lowest BCUT2D eigenvalue weighted by Crippen LogP contribution is -2.09. The van der Waals surface area contributed by atoms with Gasteiger partial charge in [0.1, 0.15) is 11.0 Å². The second-order valence-electron chi connectivity index (χ2n) is 7.31. The van der Waals surface area contributed by atoms with E-state index in [1.807, 2.05) is 12.1 Å². The SMILES string of the molecule is CC1CCc2c(sc3nc(-c4cccnc4)nc(Oc4cccnc4[N+](=O)[O-])c23)C1. The third kappa shape index (κ3) is 3.26. The molecule has 0 bridgehead atoms. The Morgan fingerprint density at radius 3 is 2.90 bits per heavy atom. The van der Waals surface area contributed by atoms with E-state index in [9.17, 15) is 10.1 Å². The Labute approximate surface area is 175 Å². The summed E-state index contributed by atoms with van der Waals surface area (Å²) in [5, 5.41) is 12.2. The first kappa shape index (κ1) is 18.6. The van der Waals surface area contributed by atoms with Crippen LogP contribution in [0.2, 0.25) is 0 Å². The Bertz CT molecular complexity index is 1260. The van der Waals surface area contributed by atoms with Crippen molar-refractivity contribution in [1.29, 1.82) is 0 Å². The highest BCUT2D eigenvalue weighted by Gasteiger charge is 2.26. The van der Waals surface area contributed by atoms with Gasteiger partial charge in [-0.2, -0.15) is 4.98 Å². The van der Waals surface area contributed by atoms with Crippen LogP contribution >= 0.6 is 11.3 Å².